The van der Waals surface area contributed by atoms with Crippen LogP contribution >= 0.6 is 11.3 Å². The number of nitrogens with one attached hydrogen (secondary N) is 1. The Hall–Kier alpha value is -0.980. The summed E-state index contributed by atoms with van der Waals surface area (Å²) in [6, 6.07) is 0.387. The number of esters is 1. The highest BCUT2D eigenvalue weighted by Crippen LogP contribution is 2.28. The minimum Gasteiger partial charge on any atom is -0.466 e. The van der Waals surface area contributed by atoms with Crippen LogP contribution in [-0.2, 0) is 16.0 Å². The molecule has 0 spiro atoms. The van der Waals surface area contributed by atoms with Crippen LogP contribution in [0.5, 0.6) is 0 Å². The molecule has 0 aliphatic carbocycles. The summed E-state index contributed by atoms with van der Waals surface area (Å²) < 4.78 is 4.99. The zero-order valence-corrected chi connectivity index (χ0v) is 13.7. The van der Waals surface area contributed by atoms with Gasteiger partial charge in [0.2, 0.25) is 0 Å². The van der Waals surface area contributed by atoms with Crippen LogP contribution in [0, 0.1) is 0 Å². The first-order valence-electron chi connectivity index (χ1n) is 7.79. The van der Waals surface area contributed by atoms with Crippen LogP contribution < -0.4 is 5.32 Å². The molecule has 1 aliphatic heterocycles. The zero-order chi connectivity index (χ0) is 15.1. The summed E-state index contributed by atoms with van der Waals surface area (Å²) in [6.45, 7) is 8.68. The molecule has 1 saturated heterocycles. The Balaban J connectivity index is 2.02. The molecule has 1 aromatic rings. The lowest BCUT2D eigenvalue weighted by Crippen LogP contribution is -2.45. The predicted molar refractivity (Wildman–Crippen MR) is 84.5 cm³/mol. The van der Waals surface area contributed by atoms with Crippen LogP contribution in [0.25, 0.3) is 0 Å². The zero-order valence-electron chi connectivity index (χ0n) is 12.9. The van der Waals surface area contributed by atoms with E-state index in [1.54, 1.807) is 11.3 Å². The Bertz CT molecular complexity index is 444. The van der Waals surface area contributed by atoms with Gasteiger partial charge in [0.1, 0.15) is 5.01 Å². The number of aromatic nitrogens is 1. The van der Waals surface area contributed by atoms with Crippen molar-refractivity contribution in [2.45, 2.75) is 39.2 Å². The fourth-order valence-electron chi connectivity index (χ4n) is 2.65. The summed E-state index contributed by atoms with van der Waals surface area (Å²) in [7, 11) is 0. The molecular weight excluding hydrogens is 286 g/mol. The summed E-state index contributed by atoms with van der Waals surface area (Å²) in [5.41, 5.74) is 0.838. The maximum Gasteiger partial charge on any atom is 0.311 e. The van der Waals surface area contributed by atoms with Crippen molar-refractivity contribution in [1.82, 2.24) is 15.2 Å². The Morgan fingerprint density at radius 2 is 2.24 bits per heavy atom. The van der Waals surface area contributed by atoms with Crippen molar-refractivity contribution in [2.75, 3.05) is 32.8 Å². The number of ether oxygens (including phenoxy) is 1. The number of hydrogen-bond acceptors (Lipinski definition) is 6. The van der Waals surface area contributed by atoms with E-state index in [1.165, 1.54) is 0 Å². The fraction of sp³-hybridized carbons (Fsp3) is 0.733. The molecule has 118 valence electrons. The summed E-state index contributed by atoms with van der Waals surface area (Å²) in [5.74, 6) is -0.191. The number of hydrogen-bond donors (Lipinski definition) is 1. The van der Waals surface area contributed by atoms with Crippen LogP contribution in [0.15, 0.2) is 5.38 Å². The normalized spacial score (nSPS) is 17.6. The molecule has 0 bridgehead atoms. The second-order valence-corrected chi connectivity index (χ2v) is 6.14. The Morgan fingerprint density at radius 1 is 1.48 bits per heavy atom. The van der Waals surface area contributed by atoms with Crippen molar-refractivity contribution in [3.63, 3.8) is 0 Å². The summed E-state index contributed by atoms with van der Waals surface area (Å²) in [4.78, 5) is 18.7. The number of rotatable bonds is 7. The van der Waals surface area contributed by atoms with E-state index >= 15 is 0 Å². The molecule has 2 rings (SSSR count). The lowest BCUT2D eigenvalue weighted by molar-refractivity contribution is -0.142. The standard InChI is InChI=1S/C15H25N3O2S/c1-3-5-13(18-8-6-16-7-9-18)15-17-12(11-21-15)10-14(19)20-4-2/h11,13,16H,3-10H2,1-2H3. The summed E-state index contributed by atoms with van der Waals surface area (Å²) in [6.07, 6.45) is 2.54. The van der Waals surface area contributed by atoms with E-state index in [-0.39, 0.29) is 12.4 Å². The second kappa shape index (κ2) is 8.46. The molecule has 0 aromatic carbocycles. The number of piperazine rings is 1. The van der Waals surface area contributed by atoms with Crippen molar-refractivity contribution in [2.24, 2.45) is 0 Å². The SMILES string of the molecule is CCCC(c1nc(CC(=O)OCC)cs1)N1CCNCC1. The van der Waals surface area contributed by atoms with Crippen LogP contribution in [0.4, 0.5) is 0 Å². The van der Waals surface area contributed by atoms with E-state index in [0.717, 1.165) is 49.7 Å². The van der Waals surface area contributed by atoms with E-state index in [9.17, 15) is 4.79 Å². The monoisotopic (exact) mass is 311 g/mol. The third kappa shape index (κ3) is 4.76. The maximum absolute atomic E-state index is 11.5. The Labute approximate surface area is 130 Å². The van der Waals surface area contributed by atoms with Crippen molar-refractivity contribution < 1.29 is 9.53 Å². The van der Waals surface area contributed by atoms with Crippen LogP contribution in [0.1, 0.15) is 43.4 Å². The molecule has 1 atom stereocenters. The number of carbonyl (C=O) groups excluding carboxylic acids is 1. The van der Waals surface area contributed by atoms with Gasteiger partial charge in [-0.05, 0) is 13.3 Å². The van der Waals surface area contributed by atoms with E-state index in [1.807, 2.05) is 12.3 Å². The molecule has 1 unspecified atom stereocenters. The molecule has 1 aliphatic rings. The largest absolute Gasteiger partial charge is 0.466 e. The highest BCUT2D eigenvalue weighted by atomic mass is 32.1. The van der Waals surface area contributed by atoms with Crippen molar-refractivity contribution in [1.29, 1.82) is 0 Å². The highest BCUT2D eigenvalue weighted by Gasteiger charge is 2.24. The van der Waals surface area contributed by atoms with E-state index in [0.29, 0.717) is 12.6 Å². The third-order valence-corrected chi connectivity index (χ3v) is 4.63. The van der Waals surface area contributed by atoms with Gasteiger partial charge in [0, 0.05) is 31.6 Å². The van der Waals surface area contributed by atoms with Crippen molar-refractivity contribution in [3.05, 3.63) is 16.1 Å². The molecule has 5 nitrogen and oxygen atoms in total. The molecule has 1 N–H and O–H groups in total. The second-order valence-electron chi connectivity index (χ2n) is 5.25. The molecule has 6 heteroatoms. The predicted octanol–water partition coefficient (Wildman–Crippen LogP) is 2.00. The molecule has 1 fully saturated rings. The first-order valence-corrected chi connectivity index (χ1v) is 8.67. The topological polar surface area (TPSA) is 54.5 Å². The molecular formula is C15H25N3O2S. The van der Waals surface area contributed by atoms with Crippen LogP contribution in [0.2, 0.25) is 0 Å². The van der Waals surface area contributed by atoms with Gasteiger partial charge in [-0.1, -0.05) is 13.3 Å². The van der Waals surface area contributed by atoms with Crippen LogP contribution in [0.3, 0.4) is 0 Å². The van der Waals surface area contributed by atoms with Gasteiger partial charge >= 0.3 is 5.97 Å². The van der Waals surface area contributed by atoms with Crippen molar-refractivity contribution in [3.8, 4) is 0 Å². The van der Waals surface area contributed by atoms with E-state index in [2.05, 4.69) is 22.1 Å². The average Bonchev–Trinajstić information content (AvgIpc) is 2.94. The summed E-state index contributed by atoms with van der Waals surface area (Å²) in [5, 5.41) is 6.52. The minimum absolute atomic E-state index is 0.191. The van der Waals surface area contributed by atoms with Gasteiger partial charge in [0.25, 0.3) is 0 Å². The van der Waals surface area contributed by atoms with Gasteiger partial charge in [-0.15, -0.1) is 11.3 Å². The first-order chi connectivity index (χ1) is 10.2. The third-order valence-electron chi connectivity index (χ3n) is 3.64. The minimum atomic E-state index is -0.191. The molecule has 2 heterocycles. The van der Waals surface area contributed by atoms with Crippen LogP contribution in [-0.4, -0.2) is 48.6 Å². The van der Waals surface area contributed by atoms with Crippen molar-refractivity contribution >= 4 is 17.3 Å². The molecule has 0 amide bonds. The average molecular weight is 311 g/mol. The highest BCUT2D eigenvalue weighted by molar-refractivity contribution is 7.09. The van der Waals surface area contributed by atoms with E-state index in [4.69, 9.17) is 4.74 Å². The van der Waals surface area contributed by atoms with Gasteiger partial charge in [-0.2, -0.15) is 0 Å². The molecule has 0 saturated carbocycles. The van der Waals surface area contributed by atoms with Gasteiger partial charge in [-0.25, -0.2) is 4.98 Å². The molecule has 1 aromatic heterocycles. The number of nitrogens with zero attached hydrogens (tertiary/aromatic N) is 2. The van der Waals surface area contributed by atoms with Gasteiger partial charge < -0.3 is 10.1 Å². The quantitative estimate of drug-likeness (QED) is 0.781. The van der Waals surface area contributed by atoms with Gasteiger partial charge in [0.05, 0.1) is 24.8 Å². The smallest absolute Gasteiger partial charge is 0.311 e. The Kier molecular flexibility index (Phi) is 6.60. The first kappa shape index (κ1) is 16.4. The molecule has 0 radical (unpaired) electrons. The molecule has 21 heavy (non-hydrogen) atoms. The number of thiazole rings is 1. The number of carbonyl (C=O) groups is 1. The fourth-order valence-corrected chi connectivity index (χ4v) is 3.63. The Morgan fingerprint density at radius 3 is 2.90 bits per heavy atom. The lowest BCUT2D eigenvalue weighted by atomic mass is 10.1. The van der Waals surface area contributed by atoms with Gasteiger partial charge in [0.15, 0.2) is 0 Å². The van der Waals surface area contributed by atoms with E-state index < -0.39 is 0 Å². The lowest BCUT2D eigenvalue weighted by Gasteiger charge is -2.33. The van der Waals surface area contributed by atoms with Gasteiger partial charge in [-0.3, -0.25) is 9.69 Å². The summed E-state index contributed by atoms with van der Waals surface area (Å²) >= 11 is 1.67. The maximum atomic E-state index is 11.5.